The Labute approximate surface area is 112 Å². The standard InChI is InChI=1S/C12H21N3O4/c1-15-4-2-9(7-15)6-13-11(18)14-12(10(16)17)3-5-19-8-12/h9H,2-8H2,1H3,(H,16,17)(H2,13,14,18). The molecule has 0 bridgehead atoms. The van der Waals surface area contributed by atoms with Crippen molar-refractivity contribution in [2.24, 2.45) is 5.92 Å². The molecule has 2 heterocycles. The predicted molar refractivity (Wildman–Crippen MR) is 67.9 cm³/mol. The number of nitrogens with one attached hydrogen (secondary N) is 2. The predicted octanol–water partition coefficient (Wildman–Crippen LogP) is -0.519. The summed E-state index contributed by atoms with van der Waals surface area (Å²) in [6.45, 7) is 2.98. The third-order valence-corrected chi connectivity index (χ3v) is 3.82. The Morgan fingerprint density at radius 3 is 2.84 bits per heavy atom. The summed E-state index contributed by atoms with van der Waals surface area (Å²) in [6, 6.07) is -0.428. The molecule has 0 aromatic rings. The minimum absolute atomic E-state index is 0.0297. The molecule has 0 aromatic carbocycles. The molecule has 0 saturated carbocycles. The van der Waals surface area contributed by atoms with Crippen LogP contribution in [0, 0.1) is 5.92 Å². The molecule has 108 valence electrons. The van der Waals surface area contributed by atoms with E-state index in [1.54, 1.807) is 0 Å². The number of carbonyl (C=O) groups is 2. The Hall–Kier alpha value is -1.34. The summed E-state index contributed by atoms with van der Waals surface area (Å²) in [6.07, 6.45) is 1.37. The molecule has 2 atom stereocenters. The highest BCUT2D eigenvalue weighted by Gasteiger charge is 2.44. The highest BCUT2D eigenvalue weighted by molar-refractivity contribution is 5.86. The van der Waals surface area contributed by atoms with Crippen LogP contribution in [0.3, 0.4) is 0 Å². The molecule has 2 aliphatic rings. The molecule has 0 radical (unpaired) electrons. The highest BCUT2D eigenvalue weighted by Crippen LogP contribution is 2.19. The molecule has 2 amide bonds. The number of hydrogen-bond acceptors (Lipinski definition) is 4. The minimum Gasteiger partial charge on any atom is -0.479 e. The van der Waals surface area contributed by atoms with Gasteiger partial charge in [0, 0.05) is 26.1 Å². The van der Waals surface area contributed by atoms with Gasteiger partial charge in [-0.1, -0.05) is 0 Å². The molecule has 0 aromatic heterocycles. The number of carboxylic acid groups (broad SMARTS) is 1. The van der Waals surface area contributed by atoms with Crippen molar-refractivity contribution in [2.45, 2.75) is 18.4 Å². The lowest BCUT2D eigenvalue weighted by atomic mass is 9.99. The molecule has 0 aliphatic carbocycles. The fourth-order valence-electron chi connectivity index (χ4n) is 2.58. The Morgan fingerprint density at radius 1 is 1.53 bits per heavy atom. The number of aliphatic carboxylic acids is 1. The number of carboxylic acids is 1. The molecule has 2 rings (SSSR count). The first-order valence-corrected chi connectivity index (χ1v) is 6.57. The van der Waals surface area contributed by atoms with Gasteiger partial charge in [-0.25, -0.2) is 9.59 Å². The van der Waals surface area contributed by atoms with Gasteiger partial charge in [0.05, 0.1) is 6.61 Å². The lowest BCUT2D eigenvalue weighted by Gasteiger charge is -2.24. The molecule has 2 aliphatic heterocycles. The normalized spacial score (nSPS) is 31.3. The summed E-state index contributed by atoms with van der Waals surface area (Å²) in [4.78, 5) is 25.2. The minimum atomic E-state index is -1.27. The summed E-state index contributed by atoms with van der Waals surface area (Å²) >= 11 is 0. The topological polar surface area (TPSA) is 90.9 Å². The molecule has 7 nitrogen and oxygen atoms in total. The monoisotopic (exact) mass is 271 g/mol. The van der Waals surface area contributed by atoms with E-state index >= 15 is 0 Å². The van der Waals surface area contributed by atoms with Crippen molar-refractivity contribution in [1.29, 1.82) is 0 Å². The van der Waals surface area contributed by atoms with Crippen LogP contribution in [0.15, 0.2) is 0 Å². The number of hydrogen-bond donors (Lipinski definition) is 3. The summed E-state index contributed by atoms with van der Waals surface area (Å²) in [5, 5.41) is 14.5. The Kier molecular flexibility index (Phi) is 4.26. The van der Waals surface area contributed by atoms with Crippen molar-refractivity contribution >= 4 is 12.0 Å². The maximum Gasteiger partial charge on any atom is 0.332 e. The van der Waals surface area contributed by atoms with E-state index in [0.29, 0.717) is 25.5 Å². The van der Waals surface area contributed by atoms with E-state index in [1.165, 1.54) is 0 Å². The van der Waals surface area contributed by atoms with Gasteiger partial charge < -0.3 is 25.4 Å². The molecule has 3 N–H and O–H groups in total. The van der Waals surface area contributed by atoms with Crippen molar-refractivity contribution in [3.63, 3.8) is 0 Å². The number of carbonyl (C=O) groups excluding carboxylic acids is 1. The lowest BCUT2D eigenvalue weighted by molar-refractivity contribution is -0.144. The smallest absolute Gasteiger partial charge is 0.332 e. The van der Waals surface area contributed by atoms with Crippen LogP contribution in [0.1, 0.15) is 12.8 Å². The van der Waals surface area contributed by atoms with Crippen LogP contribution >= 0.6 is 0 Å². The molecular formula is C12H21N3O4. The van der Waals surface area contributed by atoms with Gasteiger partial charge in [0.25, 0.3) is 0 Å². The van der Waals surface area contributed by atoms with Gasteiger partial charge in [-0.2, -0.15) is 0 Å². The molecule has 19 heavy (non-hydrogen) atoms. The van der Waals surface area contributed by atoms with Gasteiger partial charge in [0.15, 0.2) is 5.54 Å². The van der Waals surface area contributed by atoms with Gasteiger partial charge in [-0.05, 0) is 25.9 Å². The van der Waals surface area contributed by atoms with E-state index in [9.17, 15) is 14.7 Å². The van der Waals surface area contributed by atoms with E-state index in [1.807, 2.05) is 0 Å². The molecular weight excluding hydrogens is 250 g/mol. The van der Waals surface area contributed by atoms with Crippen LogP contribution in [0.25, 0.3) is 0 Å². The maximum absolute atomic E-state index is 11.8. The van der Waals surface area contributed by atoms with Crippen LogP contribution in [0.2, 0.25) is 0 Å². The van der Waals surface area contributed by atoms with Gasteiger partial charge in [0.2, 0.25) is 0 Å². The van der Waals surface area contributed by atoms with E-state index in [4.69, 9.17) is 4.74 Å². The van der Waals surface area contributed by atoms with E-state index in [2.05, 4.69) is 22.6 Å². The maximum atomic E-state index is 11.8. The summed E-state index contributed by atoms with van der Waals surface area (Å²) < 4.78 is 5.08. The van der Waals surface area contributed by atoms with Crippen molar-refractivity contribution in [1.82, 2.24) is 15.5 Å². The Morgan fingerprint density at radius 2 is 2.32 bits per heavy atom. The number of urea groups is 1. The van der Waals surface area contributed by atoms with E-state index in [0.717, 1.165) is 19.5 Å². The van der Waals surface area contributed by atoms with Crippen molar-refractivity contribution in [2.75, 3.05) is 39.9 Å². The largest absolute Gasteiger partial charge is 0.479 e. The van der Waals surface area contributed by atoms with Crippen LogP contribution in [-0.2, 0) is 9.53 Å². The molecule has 0 spiro atoms. The fraction of sp³-hybridized carbons (Fsp3) is 0.833. The summed E-state index contributed by atoms with van der Waals surface area (Å²) in [7, 11) is 2.05. The molecule has 7 heteroatoms. The Balaban J connectivity index is 1.78. The summed E-state index contributed by atoms with van der Waals surface area (Å²) in [5.74, 6) is -0.600. The average molecular weight is 271 g/mol. The van der Waals surface area contributed by atoms with Crippen molar-refractivity contribution < 1.29 is 19.4 Å². The second-order valence-corrected chi connectivity index (χ2v) is 5.44. The van der Waals surface area contributed by atoms with Crippen LogP contribution in [0.5, 0.6) is 0 Å². The van der Waals surface area contributed by atoms with Crippen molar-refractivity contribution in [3.05, 3.63) is 0 Å². The number of likely N-dealkylation sites (tertiary alicyclic amines) is 1. The molecule has 2 unspecified atom stereocenters. The van der Waals surface area contributed by atoms with Crippen LogP contribution < -0.4 is 10.6 Å². The van der Waals surface area contributed by atoms with Gasteiger partial charge in [-0.15, -0.1) is 0 Å². The second-order valence-electron chi connectivity index (χ2n) is 5.44. The zero-order valence-electron chi connectivity index (χ0n) is 11.1. The average Bonchev–Trinajstić information content (AvgIpc) is 2.97. The first kappa shape index (κ1) is 14.1. The van der Waals surface area contributed by atoms with Gasteiger partial charge in [0.1, 0.15) is 0 Å². The zero-order chi connectivity index (χ0) is 13.9. The third-order valence-electron chi connectivity index (χ3n) is 3.82. The molecule has 2 saturated heterocycles. The number of ether oxygens (including phenoxy) is 1. The third kappa shape index (κ3) is 3.36. The van der Waals surface area contributed by atoms with E-state index in [-0.39, 0.29) is 6.61 Å². The fourth-order valence-corrected chi connectivity index (χ4v) is 2.58. The SMILES string of the molecule is CN1CCC(CNC(=O)NC2(C(=O)O)CCOC2)C1. The van der Waals surface area contributed by atoms with Gasteiger partial charge in [-0.3, -0.25) is 0 Å². The number of rotatable bonds is 4. The second kappa shape index (κ2) is 5.75. The highest BCUT2D eigenvalue weighted by atomic mass is 16.5. The zero-order valence-corrected chi connectivity index (χ0v) is 11.1. The quantitative estimate of drug-likeness (QED) is 0.640. The van der Waals surface area contributed by atoms with E-state index < -0.39 is 17.5 Å². The van der Waals surface area contributed by atoms with Crippen LogP contribution in [-0.4, -0.2) is 67.4 Å². The number of nitrogens with zero attached hydrogens (tertiary/aromatic N) is 1. The Bertz CT molecular complexity index is 355. The molecule has 2 fully saturated rings. The van der Waals surface area contributed by atoms with Crippen molar-refractivity contribution in [3.8, 4) is 0 Å². The first-order valence-electron chi connectivity index (χ1n) is 6.57. The van der Waals surface area contributed by atoms with Crippen LogP contribution in [0.4, 0.5) is 4.79 Å². The summed E-state index contributed by atoms with van der Waals surface area (Å²) in [5.41, 5.74) is -1.27. The number of amides is 2. The first-order chi connectivity index (χ1) is 9.02. The lowest BCUT2D eigenvalue weighted by Crippen LogP contribution is -2.58. The van der Waals surface area contributed by atoms with Gasteiger partial charge >= 0.3 is 12.0 Å².